The monoisotopic (exact) mass is 400 g/mol. The van der Waals surface area contributed by atoms with Crippen LogP contribution in [0.2, 0.25) is 0 Å². The van der Waals surface area contributed by atoms with Crippen molar-refractivity contribution in [1.82, 2.24) is 4.90 Å². The van der Waals surface area contributed by atoms with E-state index in [1.807, 2.05) is 30.3 Å². The van der Waals surface area contributed by atoms with Crippen molar-refractivity contribution in [2.24, 2.45) is 5.92 Å². The summed E-state index contributed by atoms with van der Waals surface area (Å²) in [6.45, 7) is -1.91. The van der Waals surface area contributed by atoms with Gasteiger partial charge in [-0.05, 0) is 48.7 Å². The molecule has 3 rings (SSSR count). The fraction of sp³-hybridized carbons (Fsp3) is 0.273. The second kappa shape index (κ2) is 9.82. The Hall–Kier alpha value is -3.22. The molecule has 0 bridgehead atoms. The van der Waals surface area contributed by atoms with Crippen LogP contribution < -0.4 is 10.1 Å². The Labute approximate surface area is 168 Å². The third kappa shape index (κ3) is 6.14. The molecular formula is C22H22F2N2O3. The maximum absolute atomic E-state index is 12.5. The molecule has 1 N–H and O–H groups in total. The minimum atomic E-state index is -2.87. The van der Waals surface area contributed by atoms with E-state index >= 15 is 0 Å². The number of nitrogens with one attached hydrogen (secondary N) is 1. The number of ether oxygens (including phenoxy) is 1. The molecule has 1 atom stereocenters. The van der Waals surface area contributed by atoms with Crippen molar-refractivity contribution in [3.8, 4) is 5.75 Å². The number of rotatable bonds is 6. The van der Waals surface area contributed by atoms with E-state index in [0.717, 1.165) is 18.5 Å². The van der Waals surface area contributed by atoms with Gasteiger partial charge in [0.05, 0.1) is 5.92 Å². The van der Waals surface area contributed by atoms with E-state index in [-0.39, 0.29) is 23.5 Å². The predicted octanol–water partition coefficient (Wildman–Crippen LogP) is 4.18. The maximum Gasteiger partial charge on any atom is 0.387 e. The molecular weight excluding hydrogens is 378 g/mol. The standard InChI is InChI=1S/C22H22F2N2O3/c23-22(24)29-19-11-8-16(9-12-19)10-13-20(27)26-14-4-5-17(15-26)21(28)25-18-6-2-1-3-7-18/h1-3,6-13,17,22H,4-5,14-15H2,(H,25,28)/b13-10+. The summed E-state index contributed by atoms with van der Waals surface area (Å²) in [5.74, 6) is -0.471. The van der Waals surface area contributed by atoms with Crippen LogP contribution in [0.5, 0.6) is 5.75 Å². The van der Waals surface area contributed by atoms with Crippen LogP contribution in [0.25, 0.3) is 6.08 Å². The highest BCUT2D eigenvalue weighted by Crippen LogP contribution is 2.20. The average Bonchev–Trinajstić information content (AvgIpc) is 2.73. The van der Waals surface area contributed by atoms with Gasteiger partial charge in [-0.3, -0.25) is 9.59 Å². The maximum atomic E-state index is 12.5. The van der Waals surface area contributed by atoms with Gasteiger partial charge in [0.1, 0.15) is 5.75 Å². The van der Waals surface area contributed by atoms with E-state index in [4.69, 9.17) is 0 Å². The molecule has 1 fully saturated rings. The number of piperidine rings is 1. The second-order valence-corrected chi connectivity index (χ2v) is 6.76. The van der Waals surface area contributed by atoms with E-state index in [9.17, 15) is 18.4 Å². The first kappa shape index (κ1) is 20.5. The van der Waals surface area contributed by atoms with Crippen LogP contribution in [0.4, 0.5) is 14.5 Å². The topological polar surface area (TPSA) is 58.6 Å². The molecule has 0 saturated carbocycles. The second-order valence-electron chi connectivity index (χ2n) is 6.76. The van der Waals surface area contributed by atoms with Crippen LogP contribution in [0.15, 0.2) is 60.7 Å². The quantitative estimate of drug-likeness (QED) is 0.740. The fourth-order valence-electron chi connectivity index (χ4n) is 3.19. The van der Waals surface area contributed by atoms with Gasteiger partial charge in [-0.25, -0.2) is 0 Å². The molecule has 2 amide bonds. The van der Waals surface area contributed by atoms with Crippen LogP contribution in [0, 0.1) is 5.92 Å². The molecule has 2 aromatic carbocycles. The summed E-state index contributed by atoms with van der Waals surface area (Å²) < 4.78 is 28.6. The molecule has 5 nitrogen and oxygen atoms in total. The number of nitrogens with zero attached hydrogens (tertiary/aromatic N) is 1. The van der Waals surface area contributed by atoms with E-state index in [1.165, 1.54) is 18.2 Å². The molecule has 1 aliphatic heterocycles. The molecule has 1 heterocycles. The number of carbonyl (C=O) groups is 2. The lowest BCUT2D eigenvalue weighted by molar-refractivity contribution is -0.130. The Morgan fingerprint density at radius 1 is 1.10 bits per heavy atom. The van der Waals surface area contributed by atoms with Crippen molar-refractivity contribution in [3.63, 3.8) is 0 Å². The smallest absolute Gasteiger partial charge is 0.387 e. The number of halogens is 2. The van der Waals surface area contributed by atoms with Gasteiger partial charge < -0.3 is 15.0 Å². The molecule has 1 aliphatic rings. The summed E-state index contributed by atoms with van der Waals surface area (Å²) in [6, 6.07) is 15.2. The normalized spacial score (nSPS) is 16.8. The lowest BCUT2D eigenvalue weighted by Crippen LogP contribution is -2.43. The summed E-state index contributed by atoms with van der Waals surface area (Å²) in [6.07, 6.45) is 4.53. The van der Waals surface area contributed by atoms with Gasteiger partial charge in [-0.2, -0.15) is 8.78 Å². The summed E-state index contributed by atoms with van der Waals surface area (Å²) >= 11 is 0. The zero-order valence-electron chi connectivity index (χ0n) is 15.8. The largest absolute Gasteiger partial charge is 0.435 e. The number of amides is 2. The van der Waals surface area contributed by atoms with Crippen molar-refractivity contribution >= 4 is 23.6 Å². The molecule has 1 saturated heterocycles. The Kier molecular flexibility index (Phi) is 6.94. The van der Waals surface area contributed by atoms with Crippen LogP contribution in [0.1, 0.15) is 18.4 Å². The van der Waals surface area contributed by atoms with Crippen LogP contribution in [0.3, 0.4) is 0 Å². The van der Waals surface area contributed by atoms with Crippen LogP contribution in [-0.4, -0.2) is 36.4 Å². The van der Waals surface area contributed by atoms with E-state index in [0.29, 0.717) is 18.7 Å². The number of anilines is 1. The first-order chi connectivity index (χ1) is 14.0. The third-order valence-electron chi connectivity index (χ3n) is 4.67. The van der Waals surface area contributed by atoms with Gasteiger partial charge in [0, 0.05) is 24.9 Å². The van der Waals surface area contributed by atoms with Gasteiger partial charge >= 0.3 is 6.61 Å². The zero-order chi connectivity index (χ0) is 20.6. The highest BCUT2D eigenvalue weighted by molar-refractivity contribution is 5.95. The van der Waals surface area contributed by atoms with Crippen molar-refractivity contribution in [1.29, 1.82) is 0 Å². The summed E-state index contributed by atoms with van der Waals surface area (Å²) in [5.41, 5.74) is 1.43. The Morgan fingerprint density at radius 3 is 2.52 bits per heavy atom. The van der Waals surface area contributed by atoms with Crippen LogP contribution >= 0.6 is 0 Å². The number of hydrogen-bond donors (Lipinski definition) is 1. The minimum absolute atomic E-state index is 0.0618. The molecule has 0 aliphatic carbocycles. The van der Waals surface area contributed by atoms with Crippen LogP contribution in [-0.2, 0) is 9.59 Å². The number of alkyl halides is 2. The highest BCUT2D eigenvalue weighted by atomic mass is 19.3. The number of likely N-dealkylation sites (tertiary alicyclic amines) is 1. The molecule has 1 unspecified atom stereocenters. The zero-order valence-corrected chi connectivity index (χ0v) is 15.8. The van der Waals surface area contributed by atoms with E-state index in [1.54, 1.807) is 23.1 Å². The summed E-state index contributed by atoms with van der Waals surface area (Å²) in [4.78, 5) is 26.6. The Morgan fingerprint density at radius 2 is 1.83 bits per heavy atom. The SMILES string of the molecule is O=C(Nc1ccccc1)C1CCCN(C(=O)/C=C/c2ccc(OC(F)F)cc2)C1. The van der Waals surface area contributed by atoms with Gasteiger partial charge in [0.25, 0.3) is 0 Å². The highest BCUT2D eigenvalue weighted by Gasteiger charge is 2.27. The van der Waals surface area contributed by atoms with E-state index in [2.05, 4.69) is 10.1 Å². The molecule has 0 aromatic heterocycles. The Balaban J connectivity index is 1.55. The Bertz CT molecular complexity index is 854. The third-order valence-corrected chi connectivity index (χ3v) is 4.67. The van der Waals surface area contributed by atoms with Crippen molar-refractivity contribution in [3.05, 3.63) is 66.2 Å². The first-order valence-electron chi connectivity index (χ1n) is 9.39. The lowest BCUT2D eigenvalue weighted by Gasteiger charge is -2.31. The van der Waals surface area contributed by atoms with Crippen molar-refractivity contribution < 1.29 is 23.1 Å². The molecule has 152 valence electrons. The molecule has 0 spiro atoms. The molecule has 7 heteroatoms. The van der Waals surface area contributed by atoms with E-state index < -0.39 is 6.61 Å². The fourth-order valence-corrected chi connectivity index (χ4v) is 3.19. The number of hydrogen-bond acceptors (Lipinski definition) is 3. The average molecular weight is 400 g/mol. The number of carbonyl (C=O) groups excluding carboxylic acids is 2. The first-order valence-corrected chi connectivity index (χ1v) is 9.39. The van der Waals surface area contributed by atoms with Gasteiger partial charge in [0.2, 0.25) is 11.8 Å². The lowest BCUT2D eigenvalue weighted by atomic mass is 9.97. The number of benzene rings is 2. The van der Waals surface area contributed by atoms with Gasteiger partial charge in [0.15, 0.2) is 0 Å². The van der Waals surface area contributed by atoms with Gasteiger partial charge in [-0.15, -0.1) is 0 Å². The minimum Gasteiger partial charge on any atom is -0.435 e. The molecule has 0 radical (unpaired) electrons. The van der Waals surface area contributed by atoms with Crippen molar-refractivity contribution in [2.45, 2.75) is 19.5 Å². The number of para-hydroxylation sites is 1. The summed E-state index contributed by atoms with van der Waals surface area (Å²) in [5, 5.41) is 2.89. The molecule has 29 heavy (non-hydrogen) atoms. The predicted molar refractivity (Wildman–Crippen MR) is 106 cm³/mol. The van der Waals surface area contributed by atoms with Gasteiger partial charge in [-0.1, -0.05) is 30.3 Å². The van der Waals surface area contributed by atoms with Crippen molar-refractivity contribution in [2.75, 3.05) is 18.4 Å². The summed E-state index contributed by atoms with van der Waals surface area (Å²) in [7, 11) is 0. The molecule has 2 aromatic rings.